The van der Waals surface area contributed by atoms with E-state index in [2.05, 4.69) is 27.4 Å². The highest BCUT2D eigenvalue weighted by Crippen LogP contribution is 2.61. The Hall–Kier alpha value is -1.09. The van der Waals surface area contributed by atoms with Crippen molar-refractivity contribution in [2.24, 2.45) is 22.7 Å². The zero-order valence-electron chi connectivity index (χ0n) is 14.7. The van der Waals surface area contributed by atoms with Gasteiger partial charge < -0.3 is 9.84 Å². The number of ether oxygens (including phenoxy) is 1. The van der Waals surface area contributed by atoms with Crippen molar-refractivity contribution < 1.29 is 14.6 Å². The molecule has 1 N–H and O–H groups in total. The minimum Gasteiger partial charge on any atom is -0.432 e. The maximum Gasteiger partial charge on any atom is 0.336 e. The molecule has 0 aromatic carbocycles. The Balaban J connectivity index is 1.83. The molecule has 3 rings (SSSR count). The normalized spacial score (nSPS) is 41.7. The molecule has 0 amide bonds. The van der Waals surface area contributed by atoms with Crippen molar-refractivity contribution in [1.29, 1.82) is 0 Å². The Kier molecular flexibility index (Phi) is 4.20. The van der Waals surface area contributed by atoms with Crippen molar-refractivity contribution in [2.45, 2.75) is 72.0 Å². The first-order chi connectivity index (χ1) is 10.7. The number of hydrogen-bond donors (Lipinski definition) is 1. The molecule has 0 aromatic rings. The number of cyclic esters (lactones) is 1. The van der Waals surface area contributed by atoms with Crippen molar-refractivity contribution in [3.8, 4) is 0 Å². The summed E-state index contributed by atoms with van der Waals surface area (Å²) >= 11 is 0. The van der Waals surface area contributed by atoms with Crippen LogP contribution in [0.15, 0.2) is 23.8 Å². The topological polar surface area (TPSA) is 46.5 Å². The zero-order chi connectivity index (χ0) is 16.8. The summed E-state index contributed by atoms with van der Waals surface area (Å²) in [7, 11) is 0. The fraction of sp³-hybridized carbons (Fsp3) is 0.750. The number of esters is 1. The number of aliphatic hydroxyl groups is 1. The standard InChI is InChI=1S/C20H30O3/c1-13-6-9-16-19(2,3)10-5-11-20(16,4)15(13)8-7-14-12-17(21)23-18(14)22/h7,15-17,21H,1,5-6,8-12H2,2-4H3/b14-7+/t15-,16-,17+,20+/m0/s1. The van der Waals surface area contributed by atoms with Gasteiger partial charge in [0.15, 0.2) is 0 Å². The summed E-state index contributed by atoms with van der Waals surface area (Å²) in [5.41, 5.74) is 2.63. The molecule has 3 fully saturated rings. The molecule has 0 radical (unpaired) electrons. The van der Waals surface area contributed by atoms with Crippen molar-refractivity contribution in [1.82, 2.24) is 0 Å². The fourth-order valence-corrected chi connectivity index (χ4v) is 5.65. The van der Waals surface area contributed by atoms with Crippen LogP contribution < -0.4 is 0 Å². The van der Waals surface area contributed by atoms with E-state index in [1.54, 1.807) is 0 Å². The summed E-state index contributed by atoms with van der Waals surface area (Å²) in [5.74, 6) is 0.794. The summed E-state index contributed by atoms with van der Waals surface area (Å²) in [5, 5.41) is 9.46. The summed E-state index contributed by atoms with van der Waals surface area (Å²) < 4.78 is 4.83. The Bertz CT molecular complexity index is 545. The average Bonchev–Trinajstić information content (AvgIpc) is 2.75. The van der Waals surface area contributed by atoms with Crippen LogP contribution in [0.3, 0.4) is 0 Å². The predicted molar refractivity (Wildman–Crippen MR) is 90.5 cm³/mol. The van der Waals surface area contributed by atoms with E-state index in [1.807, 2.05) is 6.08 Å². The van der Waals surface area contributed by atoms with E-state index in [1.165, 1.54) is 31.3 Å². The maximum absolute atomic E-state index is 11.7. The number of rotatable bonds is 2. The summed E-state index contributed by atoms with van der Waals surface area (Å²) in [6.45, 7) is 11.6. The number of carbonyl (C=O) groups excluding carboxylic acids is 1. The first-order valence-electron chi connectivity index (χ1n) is 9.00. The minimum absolute atomic E-state index is 0.273. The predicted octanol–water partition coefficient (Wildman–Crippen LogP) is 4.37. The molecule has 3 nitrogen and oxygen atoms in total. The third-order valence-corrected chi connectivity index (χ3v) is 6.82. The van der Waals surface area contributed by atoms with E-state index in [0.29, 0.717) is 23.3 Å². The molecule has 1 aliphatic heterocycles. The summed E-state index contributed by atoms with van der Waals surface area (Å²) in [4.78, 5) is 11.7. The van der Waals surface area contributed by atoms with Crippen molar-refractivity contribution in [3.05, 3.63) is 23.8 Å². The van der Waals surface area contributed by atoms with E-state index in [9.17, 15) is 9.90 Å². The molecule has 4 atom stereocenters. The van der Waals surface area contributed by atoms with Crippen LogP contribution in [0, 0.1) is 22.7 Å². The van der Waals surface area contributed by atoms with Gasteiger partial charge in [-0.25, -0.2) is 4.79 Å². The number of allylic oxidation sites excluding steroid dienone is 2. The van der Waals surface area contributed by atoms with Crippen molar-refractivity contribution in [3.63, 3.8) is 0 Å². The van der Waals surface area contributed by atoms with E-state index >= 15 is 0 Å². The second kappa shape index (κ2) is 5.77. The number of fused-ring (bicyclic) bond motifs is 1. The number of hydrogen-bond acceptors (Lipinski definition) is 3. The second-order valence-electron chi connectivity index (χ2n) is 8.68. The minimum atomic E-state index is -0.958. The van der Waals surface area contributed by atoms with Gasteiger partial charge in [0.2, 0.25) is 6.29 Å². The van der Waals surface area contributed by atoms with Gasteiger partial charge in [0, 0.05) is 12.0 Å². The van der Waals surface area contributed by atoms with Gasteiger partial charge in [-0.15, -0.1) is 0 Å². The molecule has 3 aliphatic rings. The highest BCUT2D eigenvalue weighted by Gasteiger charge is 2.52. The van der Waals surface area contributed by atoms with Gasteiger partial charge in [-0.3, -0.25) is 0 Å². The lowest BCUT2D eigenvalue weighted by molar-refractivity contribution is -0.152. The lowest BCUT2D eigenvalue weighted by Gasteiger charge is -2.58. The molecule has 128 valence electrons. The van der Waals surface area contributed by atoms with Gasteiger partial charge in [0.05, 0.1) is 0 Å². The molecular weight excluding hydrogens is 288 g/mol. The highest BCUT2D eigenvalue weighted by molar-refractivity contribution is 5.90. The van der Waals surface area contributed by atoms with Gasteiger partial charge in [-0.05, 0) is 54.8 Å². The molecule has 1 saturated heterocycles. The number of aliphatic hydroxyl groups excluding tert-OH is 1. The van der Waals surface area contributed by atoms with Gasteiger partial charge in [0.1, 0.15) is 0 Å². The molecular formula is C20H30O3. The van der Waals surface area contributed by atoms with Gasteiger partial charge >= 0.3 is 5.97 Å². The van der Waals surface area contributed by atoms with Crippen LogP contribution in [0.2, 0.25) is 0 Å². The van der Waals surface area contributed by atoms with Crippen LogP contribution in [0.25, 0.3) is 0 Å². The third kappa shape index (κ3) is 2.88. The van der Waals surface area contributed by atoms with Crippen LogP contribution in [0.4, 0.5) is 0 Å². The molecule has 2 saturated carbocycles. The molecule has 0 spiro atoms. The van der Waals surface area contributed by atoms with Gasteiger partial charge in [-0.2, -0.15) is 0 Å². The van der Waals surface area contributed by atoms with E-state index in [4.69, 9.17) is 4.74 Å². The first-order valence-corrected chi connectivity index (χ1v) is 9.00. The van der Waals surface area contributed by atoms with Crippen LogP contribution in [0.1, 0.15) is 65.7 Å². The fourth-order valence-electron chi connectivity index (χ4n) is 5.65. The van der Waals surface area contributed by atoms with E-state index in [0.717, 1.165) is 18.8 Å². The van der Waals surface area contributed by atoms with E-state index < -0.39 is 6.29 Å². The first kappa shape index (κ1) is 16.8. The lowest BCUT2D eigenvalue weighted by atomic mass is 9.47. The summed E-state index contributed by atoms with van der Waals surface area (Å²) in [6.07, 6.45) is 8.40. The highest BCUT2D eigenvalue weighted by atomic mass is 16.6. The Morgan fingerprint density at radius 2 is 2.09 bits per heavy atom. The summed E-state index contributed by atoms with van der Waals surface area (Å²) in [6, 6.07) is 0. The van der Waals surface area contributed by atoms with E-state index in [-0.39, 0.29) is 11.4 Å². The quantitative estimate of drug-likeness (QED) is 0.467. The Morgan fingerprint density at radius 1 is 1.35 bits per heavy atom. The third-order valence-electron chi connectivity index (χ3n) is 6.82. The average molecular weight is 318 g/mol. The number of carbonyl (C=O) groups is 1. The van der Waals surface area contributed by atoms with Crippen LogP contribution in [-0.2, 0) is 9.53 Å². The van der Waals surface area contributed by atoms with Crippen LogP contribution in [0.5, 0.6) is 0 Å². The monoisotopic (exact) mass is 318 g/mol. The smallest absolute Gasteiger partial charge is 0.336 e. The molecule has 0 aromatic heterocycles. The molecule has 0 unspecified atom stereocenters. The van der Waals surface area contributed by atoms with Crippen LogP contribution >= 0.6 is 0 Å². The molecule has 23 heavy (non-hydrogen) atoms. The molecule has 3 heteroatoms. The molecule has 1 heterocycles. The van der Waals surface area contributed by atoms with Crippen molar-refractivity contribution >= 4 is 5.97 Å². The van der Waals surface area contributed by atoms with Crippen LogP contribution in [-0.4, -0.2) is 17.4 Å². The second-order valence-corrected chi connectivity index (χ2v) is 8.68. The largest absolute Gasteiger partial charge is 0.432 e. The maximum atomic E-state index is 11.7. The SMILES string of the molecule is C=C1CC[C@H]2C(C)(C)CCC[C@]2(C)[C@H]1C/C=C1\C[C@H](O)OC1=O. The zero-order valence-corrected chi connectivity index (χ0v) is 14.7. The molecule has 0 bridgehead atoms. The van der Waals surface area contributed by atoms with Crippen molar-refractivity contribution in [2.75, 3.05) is 0 Å². The Morgan fingerprint density at radius 3 is 2.74 bits per heavy atom. The van der Waals surface area contributed by atoms with Gasteiger partial charge in [0.25, 0.3) is 0 Å². The van der Waals surface area contributed by atoms with Gasteiger partial charge in [-0.1, -0.05) is 45.4 Å². The molecule has 2 aliphatic carbocycles. The lowest BCUT2D eigenvalue weighted by Crippen LogP contribution is -2.49. The Labute approximate surface area is 139 Å².